The van der Waals surface area contributed by atoms with Crippen LogP contribution in [0.5, 0.6) is 5.88 Å². The van der Waals surface area contributed by atoms with Gasteiger partial charge in [0, 0.05) is 0 Å². The quantitative estimate of drug-likeness (QED) is 0.407. The van der Waals surface area contributed by atoms with Crippen LogP contribution in [0.1, 0.15) is 13.8 Å². The van der Waals surface area contributed by atoms with Crippen LogP contribution in [0.15, 0.2) is 12.4 Å². The van der Waals surface area contributed by atoms with E-state index in [0.717, 1.165) is 0 Å². The summed E-state index contributed by atoms with van der Waals surface area (Å²) in [5, 5.41) is 0. The lowest BCUT2D eigenvalue weighted by Crippen LogP contribution is -2.13. The van der Waals surface area contributed by atoms with Gasteiger partial charge in [0.25, 0.3) is 0 Å². The van der Waals surface area contributed by atoms with E-state index in [1.54, 1.807) is 0 Å². The van der Waals surface area contributed by atoms with Gasteiger partial charge in [-0.05, 0) is 13.8 Å². The number of hydrogen-bond donors (Lipinski definition) is 2. The Morgan fingerprint density at radius 1 is 1.40 bits per heavy atom. The molecular weight excluding hydrogens is 196 g/mol. The summed E-state index contributed by atoms with van der Waals surface area (Å²) < 4.78 is 10.6. The van der Waals surface area contributed by atoms with Crippen LogP contribution >= 0.6 is 0 Å². The predicted molar refractivity (Wildman–Crippen MR) is 56.4 cm³/mol. The standard InChI is InChI=1S/C9H16N4O2/c1-7(2)14-3-4-15-9-6-11-5-8(12-9)13-10/h5-7H,3-4,10H2,1-2H3,(H,12,13). The van der Waals surface area contributed by atoms with Crippen LogP contribution in [0, 0.1) is 0 Å². The van der Waals surface area contributed by atoms with Crippen molar-refractivity contribution in [2.45, 2.75) is 20.0 Å². The molecule has 0 saturated heterocycles. The fourth-order valence-electron chi connectivity index (χ4n) is 0.917. The molecule has 0 unspecified atom stereocenters. The minimum absolute atomic E-state index is 0.205. The van der Waals surface area contributed by atoms with Crippen molar-refractivity contribution in [3.05, 3.63) is 12.4 Å². The molecule has 0 aliphatic heterocycles. The number of rotatable bonds is 6. The third-order valence-electron chi connectivity index (χ3n) is 1.54. The van der Waals surface area contributed by atoms with E-state index in [1.807, 2.05) is 13.8 Å². The number of hydrogen-bond acceptors (Lipinski definition) is 6. The summed E-state index contributed by atoms with van der Waals surface area (Å²) in [5.41, 5.74) is 2.39. The molecule has 6 heteroatoms. The molecule has 0 amide bonds. The van der Waals surface area contributed by atoms with Crippen LogP contribution < -0.4 is 16.0 Å². The molecule has 0 atom stereocenters. The Morgan fingerprint density at radius 2 is 2.20 bits per heavy atom. The minimum Gasteiger partial charge on any atom is -0.474 e. The summed E-state index contributed by atoms with van der Waals surface area (Å²) in [6, 6.07) is 0. The second-order valence-electron chi connectivity index (χ2n) is 3.15. The Balaban J connectivity index is 2.30. The van der Waals surface area contributed by atoms with Crippen molar-refractivity contribution >= 4 is 5.82 Å². The summed E-state index contributed by atoms with van der Waals surface area (Å²) in [7, 11) is 0. The van der Waals surface area contributed by atoms with E-state index in [-0.39, 0.29) is 6.10 Å². The number of ether oxygens (including phenoxy) is 2. The second kappa shape index (κ2) is 6.15. The molecule has 1 aromatic heterocycles. The third kappa shape index (κ3) is 4.57. The highest BCUT2D eigenvalue weighted by Gasteiger charge is 1.98. The minimum atomic E-state index is 0.205. The van der Waals surface area contributed by atoms with Gasteiger partial charge in [0.05, 0.1) is 25.1 Å². The van der Waals surface area contributed by atoms with Gasteiger partial charge in [-0.15, -0.1) is 0 Å². The van der Waals surface area contributed by atoms with Gasteiger partial charge in [0.15, 0.2) is 5.82 Å². The molecule has 84 valence electrons. The average molecular weight is 212 g/mol. The number of nitrogen functional groups attached to an aromatic ring is 1. The van der Waals surface area contributed by atoms with E-state index < -0.39 is 0 Å². The molecule has 0 bridgehead atoms. The maximum Gasteiger partial charge on any atom is 0.234 e. The van der Waals surface area contributed by atoms with Crippen molar-refractivity contribution in [1.29, 1.82) is 0 Å². The molecule has 15 heavy (non-hydrogen) atoms. The van der Waals surface area contributed by atoms with Crippen LogP contribution in [-0.2, 0) is 4.74 Å². The molecule has 0 radical (unpaired) electrons. The molecule has 0 aliphatic carbocycles. The number of aromatic nitrogens is 2. The van der Waals surface area contributed by atoms with Gasteiger partial charge in [0.1, 0.15) is 6.61 Å². The third-order valence-corrected chi connectivity index (χ3v) is 1.54. The largest absolute Gasteiger partial charge is 0.474 e. The van der Waals surface area contributed by atoms with Gasteiger partial charge in [-0.25, -0.2) is 5.84 Å². The van der Waals surface area contributed by atoms with E-state index >= 15 is 0 Å². The van der Waals surface area contributed by atoms with Gasteiger partial charge >= 0.3 is 0 Å². The van der Waals surface area contributed by atoms with E-state index in [0.29, 0.717) is 24.9 Å². The molecule has 0 spiro atoms. The first-order chi connectivity index (χ1) is 7.22. The normalized spacial score (nSPS) is 10.4. The number of nitrogens with one attached hydrogen (secondary N) is 1. The van der Waals surface area contributed by atoms with Gasteiger partial charge in [-0.2, -0.15) is 4.98 Å². The fraction of sp³-hybridized carbons (Fsp3) is 0.556. The monoisotopic (exact) mass is 212 g/mol. The second-order valence-corrected chi connectivity index (χ2v) is 3.15. The maximum atomic E-state index is 5.31. The first-order valence-corrected chi connectivity index (χ1v) is 4.75. The molecular formula is C9H16N4O2. The van der Waals surface area contributed by atoms with Crippen LogP contribution in [0.25, 0.3) is 0 Å². The average Bonchev–Trinajstić information content (AvgIpc) is 2.24. The van der Waals surface area contributed by atoms with Crippen LogP contribution in [0.4, 0.5) is 5.82 Å². The van der Waals surface area contributed by atoms with Gasteiger partial charge in [-0.3, -0.25) is 4.98 Å². The molecule has 1 rings (SSSR count). The van der Waals surface area contributed by atoms with Crippen LogP contribution in [0.2, 0.25) is 0 Å². The summed E-state index contributed by atoms with van der Waals surface area (Å²) >= 11 is 0. The summed E-state index contributed by atoms with van der Waals surface area (Å²) in [5.74, 6) is 6.08. The van der Waals surface area contributed by atoms with Crippen molar-refractivity contribution < 1.29 is 9.47 Å². The van der Waals surface area contributed by atoms with E-state index in [4.69, 9.17) is 15.3 Å². The van der Waals surface area contributed by atoms with Gasteiger partial charge in [-0.1, -0.05) is 0 Å². The Labute approximate surface area is 88.8 Å². The highest BCUT2D eigenvalue weighted by Crippen LogP contribution is 2.07. The number of hydrazine groups is 1. The zero-order valence-electron chi connectivity index (χ0n) is 8.93. The lowest BCUT2D eigenvalue weighted by atomic mass is 10.5. The fourth-order valence-corrected chi connectivity index (χ4v) is 0.917. The SMILES string of the molecule is CC(C)OCCOc1cncc(NN)n1. The predicted octanol–water partition coefficient (Wildman–Crippen LogP) is 0.566. The molecule has 3 N–H and O–H groups in total. The van der Waals surface area contributed by atoms with Gasteiger partial charge < -0.3 is 14.9 Å². The van der Waals surface area contributed by atoms with Crippen molar-refractivity contribution in [3.8, 4) is 5.88 Å². The summed E-state index contributed by atoms with van der Waals surface area (Å²) in [4.78, 5) is 7.93. The topological polar surface area (TPSA) is 82.3 Å². The number of nitrogens with two attached hydrogens (primary N) is 1. The van der Waals surface area contributed by atoms with Crippen molar-refractivity contribution in [2.75, 3.05) is 18.6 Å². The lowest BCUT2D eigenvalue weighted by Gasteiger charge is -2.08. The van der Waals surface area contributed by atoms with Crippen molar-refractivity contribution in [2.24, 2.45) is 5.84 Å². The van der Waals surface area contributed by atoms with Crippen LogP contribution in [0.3, 0.4) is 0 Å². The van der Waals surface area contributed by atoms with E-state index in [2.05, 4.69) is 15.4 Å². The first-order valence-electron chi connectivity index (χ1n) is 4.75. The molecule has 0 fully saturated rings. The molecule has 1 aromatic rings. The van der Waals surface area contributed by atoms with Gasteiger partial charge in [0.2, 0.25) is 5.88 Å². The molecule has 1 heterocycles. The molecule has 0 aliphatic rings. The van der Waals surface area contributed by atoms with Crippen LogP contribution in [-0.4, -0.2) is 29.3 Å². The number of anilines is 1. The van der Waals surface area contributed by atoms with Crippen molar-refractivity contribution in [1.82, 2.24) is 9.97 Å². The Kier molecular flexibility index (Phi) is 4.79. The molecule has 6 nitrogen and oxygen atoms in total. The maximum absolute atomic E-state index is 5.31. The molecule has 0 saturated carbocycles. The Morgan fingerprint density at radius 3 is 2.87 bits per heavy atom. The highest BCUT2D eigenvalue weighted by atomic mass is 16.5. The first kappa shape index (κ1) is 11.7. The van der Waals surface area contributed by atoms with E-state index in [1.165, 1.54) is 12.4 Å². The Bertz CT molecular complexity index is 293. The van der Waals surface area contributed by atoms with E-state index in [9.17, 15) is 0 Å². The van der Waals surface area contributed by atoms with Crippen molar-refractivity contribution in [3.63, 3.8) is 0 Å². The highest BCUT2D eigenvalue weighted by molar-refractivity contribution is 5.31. The smallest absolute Gasteiger partial charge is 0.234 e. The number of nitrogens with zero attached hydrogens (tertiary/aromatic N) is 2. The molecule has 0 aromatic carbocycles. The Hall–Kier alpha value is -1.40. The summed E-state index contributed by atoms with van der Waals surface area (Å²) in [6.07, 6.45) is 3.24. The zero-order valence-corrected chi connectivity index (χ0v) is 8.93. The summed E-state index contributed by atoms with van der Waals surface area (Å²) in [6.45, 7) is 4.91. The zero-order chi connectivity index (χ0) is 11.1. The lowest BCUT2D eigenvalue weighted by molar-refractivity contribution is 0.0542.